The smallest absolute Gasteiger partial charge is 0.224 e. The van der Waals surface area contributed by atoms with Crippen LogP contribution in [0.1, 0.15) is 32.1 Å². The molecule has 0 unspecified atom stereocenters. The number of nitrogens with zero attached hydrogens (tertiary/aromatic N) is 1. The fraction of sp³-hybridized carbons (Fsp3) is 0.818. The van der Waals surface area contributed by atoms with Gasteiger partial charge in [0.25, 0.3) is 0 Å². The maximum atomic E-state index is 11.6. The molecule has 4 nitrogen and oxygen atoms in total. The first-order valence-corrected chi connectivity index (χ1v) is 5.83. The molecule has 2 fully saturated rings. The Morgan fingerprint density at radius 1 is 1.20 bits per heavy atom. The largest absolute Gasteiger partial charge is 0.355 e. The van der Waals surface area contributed by atoms with Crippen molar-refractivity contribution in [2.45, 2.75) is 32.1 Å². The minimum absolute atomic E-state index is 0.129. The summed E-state index contributed by atoms with van der Waals surface area (Å²) in [7, 11) is 0. The van der Waals surface area contributed by atoms with Crippen LogP contribution in [-0.2, 0) is 9.59 Å². The molecule has 1 saturated carbocycles. The molecule has 1 aliphatic heterocycles. The molecule has 4 heteroatoms. The van der Waals surface area contributed by atoms with Crippen LogP contribution in [0.25, 0.3) is 0 Å². The van der Waals surface area contributed by atoms with Gasteiger partial charge in [-0.25, -0.2) is 0 Å². The second-order valence-electron chi connectivity index (χ2n) is 4.40. The summed E-state index contributed by atoms with van der Waals surface area (Å²) in [5, 5.41) is 2.81. The average molecular weight is 210 g/mol. The van der Waals surface area contributed by atoms with Gasteiger partial charge in [0.2, 0.25) is 11.8 Å². The summed E-state index contributed by atoms with van der Waals surface area (Å²) in [6.07, 6.45) is 4.75. The van der Waals surface area contributed by atoms with Gasteiger partial charge in [0.05, 0.1) is 0 Å². The zero-order valence-corrected chi connectivity index (χ0v) is 9.00. The summed E-state index contributed by atoms with van der Waals surface area (Å²) in [6, 6.07) is 0. The molecule has 1 N–H and O–H groups in total. The van der Waals surface area contributed by atoms with Crippen LogP contribution >= 0.6 is 0 Å². The van der Waals surface area contributed by atoms with Crippen LogP contribution in [0.5, 0.6) is 0 Å². The number of carbonyl (C=O) groups excluding carboxylic acids is 2. The van der Waals surface area contributed by atoms with Crippen molar-refractivity contribution in [3.63, 3.8) is 0 Å². The normalized spacial score (nSPS) is 20.4. The van der Waals surface area contributed by atoms with Gasteiger partial charge >= 0.3 is 0 Å². The molecule has 1 aliphatic carbocycles. The van der Waals surface area contributed by atoms with E-state index in [9.17, 15) is 9.59 Å². The van der Waals surface area contributed by atoms with Crippen molar-refractivity contribution in [3.05, 3.63) is 0 Å². The molecule has 0 spiro atoms. The second kappa shape index (κ2) is 4.64. The summed E-state index contributed by atoms with van der Waals surface area (Å²) < 4.78 is 0. The lowest BCUT2D eigenvalue weighted by molar-refractivity contribution is -0.130. The molecular formula is C11H18N2O2. The Kier molecular flexibility index (Phi) is 3.23. The number of amides is 2. The van der Waals surface area contributed by atoms with Gasteiger partial charge in [-0.05, 0) is 25.7 Å². The minimum Gasteiger partial charge on any atom is -0.355 e. The summed E-state index contributed by atoms with van der Waals surface area (Å²) in [5.41, 5.74) is 0. The van der Waals surface area contributed by atoms with Crippen LogP contribution in [-0.4, -0.2) is 36.3 Å². The first-order chi connectivity index (χ1) is 7.27. The third-order valence-electron chi connectivity index (χ3n) is 3.05. The quantitative estimate of drug-likeness (QED) is 0.735. The van der Waals surface area contributed by atoms with Crippen LogP contribution in [0.15, 0.2) is 0 Å². The van der Waals surface area contributed by atoms with Crippen LogP contribution in [0, 0.1) is 5.92 Å². The molecule has 0 aromatic carbocycles. The van der Waals surface area contributed by atoms with Crippen LogP contribution < -0.4 is 5.32 Å². The van der Waals surface area contributed by atoms with Crippen LogP contribution in [0.3, 0.4) is 0 Å². The van der Waals surface area contributed by atoms with E-state index in [4.69, 9.17) is 0 Å². The fourth-order valence-corrected chi connectivity index (χ4v) is 1.91. The monoisotopic (exact) mass is 210 g/mol. The highest BCUT2D eigenvalue weighted by atomic mass is 16.2. The Labute approximate surface area is 90.0 Å². The lowest BCUT2D eigenvalue weighted by Gasteiger charge is -2.15. The van der Waals surface area contributed by atoms with Crippen LogP contribution in [0.2, 0.25) is 0 Å². The molecular weight excluding hydrogens is 192 g/mol. The van der Waals surface area contributed by atoms with Crippen molar-refractivity contribution in [1.82, 2.24) is 10.2 Å². The van der Waals surface area contributed by atoms with Crippen molar-refractivity contribution in [2.75, 3.05) is 19.6 Å². The van der Waals surface area contributed by atoms with E-state index in [1.54, 1.807) is 0 Å². The molecule has 1 saturated heterocycles. The fourth-order valence-electron chi connectivity index (χ4n) is 1.91. The lowest BCUT2D eigenvalue weighted by atomic mass is 10.3. The van der Waals surface area contributed by atoms with Crippen LogP contribution in [0.4, 0.5) is 0 Å². The molecule has 0 bridgehead atoms. The molecule has 2 aliphatic rings. The van der Waals surface area contributed by atoms with E-state index in [1.165, 1.54) is 0 Å². The maximum absolute atomic E-state index is 11.6. The number of hydrogen-bond donors (Lipinski definition) is 1. The average Bonchev–Trinajstić information content (AvgIpc) is 2.93. The highest BCUT2D eigenvalue weighted by Gasteiger charge is 2.29. The molecule has 0 aromatic rings. The zero-order valence-electron chi connectivity index (χ0n) is 9.00. The van der Waals surface area contributed by atoms with E-state index in [0.717, 1.165) is 38.8 Å². The SMILES string of the molecule is O=C(NCCC(=O)N1CCCC1)C1CC1. The third kappa shape index (κ3) is 2.94. The number of nitrogens with one attached hydrogen (secondary N) is 1. The standard InChI is InChI=1S/C11H18N2O2/c14-10(13-7-1-2-8-13)5-6-12-11(15)9-3-4-9/h9H,1-8H2,(H,12,15). The van der Waals surface area contributed by atoms with Gasteiger partial charge in [0.1, 0.15) is 0 Å². The summed E-state index contributed by atoms with van der Waals surface area (Å²) >= 11 is 0. The minimum atomic E-state index is 0.129. The lowest BCUT2D eigenvalue weighted by Crippen LogP contribution is -2.33. The van der Waals surface area contributed by atoms with Crippen molar-refractivity contribution in [1.29, 1.82) is 0 Å². The summed E-state index contributed by atoms with van der Waals surface area (Å²) in [6.45, 7) is 2.30. The first-order valence-electron chi connectivity index (χ1n) is 5.83. The van der Waals surface area contributed by atoms with Crippen molar-refractivity contribution < 1.29 is 9.59 Å². The van der Waals surface area contributed by atoms with Gasteiger partial charge in [-0.15, -0.1) is 0 Å². The zero-order chi connectivity index (χ0) is 10.7. The Morgan fingerprint density at radius 3 is 2.47 bits per heavy atom. The Bertz CT molecular complexity index is 255. The van der Waals surface area contributed by atoms with Gasteiger partial charge in [0, 0.05) is 32.0 Å². The second-order valence-corrected chi connectivity index (χ2v) is 4.40. The van der Waals surface area contributed by atoms with Gasteiger partial charge in [0.15, 0.2) is 0 Å². The van der Waals surface area contributed by atoms with E-state index in [1.807, 2.05) is 4.90 Å². The van der Waals surface area contributed by atoms with Gasteiger partial charge < -0.3 is 10.2 Å². The Balaban J connectivity index is 1.60. The van der Waals surface area contributed by atoms with E-state index < -0.39 is 0 Å². The van der Waals surface area contributed by atoms with E-state index >= 15 is 0 Å². The number of likely N-dealkylation sites (tertiary alicyclic amines) is 1. The van der Waals surface area contributed by atoms with Crippen molar-refractivity contribution >= 4 is 11.8 Å². The highest BCUT2D eigenvalue weighted by molar-refractivity contribution is 5.82. The Morgan fingerprint density at radius 2 is 1.87 bits per heavy atom. The molecule has 1 heterocycles. The number of rotatable bonds is 4. The predicted molar refractivity (Wildman–Crippen MR) is 56.2 cm³/mol. The molecule has 0 radical (unpaired) electrons. The van der Waals surface area contributed by atoms with Crippen molar-refractivity contribution in [3.8, 4) is 0 Å². The molecule has 0 aromatic heterocycles. The third-order valence-corrected chi connectivity index (χ3v) is 3.05. The summed E-state index contributed by atoms with van der Waals surface area (Å²) in [4.78, 5) is 24.8. The highest BCUT2D eigenvalue weighted by Crippen LogP contribution is 2.28. The maximum Gasteiger partial charge on any atom is 0.224 e. The molecule has 0 atom stereocenters. The van der Waals surface area contributed by atoms with E-state index in [2.05, 4.69) is 5.32 Å². The Hall–Kier alpha value is -1.06. The van der Waals surface area contributed by atoms with Crippen molar-refractivity contribution in [2.24, 2.45) is 5.92 Å². The van der Waals surface area contributed by atoms with E-state index in [-0.39, 0.29) is 17.7 Å². The molecule has 2 amide bonds. The predicted octanol–water partition coefficient (Wildman–Crippen LogP) is 0.525. The van der Waals surface area contributed by atoms with E-state index in [0.29, 0.717) is 13.0 Å². The molecule has 84 valence electrons. The number of hydrogen-bond acceptors (Lipinski definition) is 2. The topological polar surface area (TPSA) is 49.4 Å². The summed E-state index contributed by atoms with van der Waals surface area (Å²) in [5.74, 6) is 0.555. The van der Waals surface area contributed by atoms with Gasteiger partial charge in [-0.3, -0.25) is 9.59 Å². The number of carbonyl (C=O) groups is 2. The van der Waals surface area contributed by atoms with Gasteiger partial charge in [-0.2, -0.15) is 0 Å². The molecule has 15 heavy (non-hydrogen) atoms. The first kappa shape index (κ1) is 10.5. The van der Waals surface area contributed by atoms with Gasteiger partial charge in [-0.1, -0.05) is 0 Å². The molecule has 2 rings (SSSR count).